The van der Waals surface area contributed by atoms with Gasteiger partial charge in [-0.3, -0.25) is 14.5 Å². The summed E-state index contributed by atoms with van der Waals surface area (Å²) in [5.74, 6) is -0.865. The number of rotatable bonds is 9. The number of nitrogens with zero attached hydrogens (tertiary/aromatic N) is 2. The number of hydrogen-bond acceptors (Lipinski definition) is 3. The predicted octanol–water partition coefficient (Wildman–Crippen LogP) is 7.13. The van der Waals surface area contributed by atoms with Crippen molar-refractivity contribution in [1.82, 2.24) is 4.90 Å². The number of thioether (sulfide) groups is 1. The first-order valence-electron chi connectivity index (χ1n) is 12.5. The molecule has 0 aliphatic heterocycles. The van der Waals surface area contributed by atoms with Crippen molar-refractivity contribution in [2.24, 2.45) is 0 Å². The van der Waals surface area contributed by atoms with E-state index >= 15 is 0 Å². The molecule has 1 aliphatic rings. The highest BCUT2D eigenvalue weighted by molar-refractivity contribution is 8.02. The highest BCUT2D eigenvalue weighted by atomic mass is 32.2. The van der Waals surface area contributed by atoms with Crippen LogP contribution in [-0.4, -0.2) is 36.1 Å². The highest BCUT2D eigenvalue weighted by Crippen LogP contribution is 2.35. The topological polar surface area (TPSA) is 40.6 Å². The van der Waals surface area contributed by atoms with Crippen molar-refractivity contribution in [1.29, 1.82) is 0 Å². The molecule has 192 valence electrons. The fraction of sp³-hybridized carbons (Fsp3) is 0.400. The number of benzene rings is 2. The van der Waals surface area contributed by atoms with Crippen LogP contribution in [0.25, 0.3) is 0 Å². The fourth-order valence-corrected chi connectivity index (χ4v) is 5.41. The average molecular weight is 509 g/mol. The monoisotopic (exact) mass is 508 g/mol. The average Bonchev–Trinajstić information content (AvgIpc) is 2.88. The molecular weight excluding hydrogens is 471 g/mol. The summed E-state index contributed by atoms with van der Waals surface area (Å²) in [4.78, 5) is 32.4. The minimum atomic E-state index is -0.905. The normalized spacial score (nSPS) is 15.3. The Morgan fingerprint density at radius 2 is 1.86 bits per heavy atom. The lowest BCUT2D eigenvalue weighted by Crippen LogP contribution is -2.48. The SMILES string of the molecule is C=C/C=C(/CC(=O)N(c1cccc(F)c1)C(C(=O)N(C)C1CCCCC1)c1cc(C)ccc1C)SC. The van der Waals surface area contributed by atoms with Gasteiger partial charge in [0.25, 0.3) is 0 Å². The van der Waals surface area contributed by atoms with Crippen LogP contribution in [0.15, 0.2) is 66.1 Å². The van der Waals surface area contributed by atoms with E-state index in [-0.39, 0.29) is 24.3 Å². The Morgan fingerprint density at radius 3 is 2.50 bits per heavy atom. The molecule has 3 rings (SSSR count). The fourth-order valence-electron chi connectivity index (χ4n) is 4.91. The summed E-state index contributed by atoms with van der Waals surface area (Å²) >= 11 is 1.46. The van der Waals surface area contributed by atoms with E-state index in [1.54, 1.807) is 24.3 Å². The van der Waals surface area contributed by atoms with Gasteiger partial charge in [-0.2, -0.15) is 0 Å². The molecule has 36 heavy (non-hydrogen) atoms. The molecule has 2 amide bonds. The van der Waals surface area contributed by atoms with Crippen molar-refractivity contribution in [3.8, 4) is 0 Å². The van der Waals surface area contributed by atoms with Gasteiger partial charge >= 0.3 is 0 Å². The second-order valence-corrected chi connectivity index (χ2v) is 10.4. The zero-order valence-electron chi connectivity index (χ0n) is 21.8. The van der Waals surface area contributed by atoms with Crippen LogP contribution in [0.2, 0.25) is 0 Å². The molecule has 0 saturated heterocycles. The number of anilines is 1. The Morgan fingerprint density at radius 1 is 1.14 bits per heavy atom. The second-order valence-electron chi connectivity index (χ2n) is 9.50. The molecule has 2 aromatic rings. The summed E-state index contributed by atoms with van der Waals surface area (Å²) in [6, 6.07) is 11.1. The number of allylic oxidation sites excluding steroid dienone is 2. The minimum absolute atomic E-state index is 0.0888. The molecule has 0 N–H and O–H groups in total. The van der Waals surface area contributed by atoms with E-state index in [0.29, 0.717) is 5.69 Å². The van der Waals surface area contributed by atoms with Gasteiger partial charge in [0.15, 0.2) is 0 Å². The molecule has 2 aromatic carbocycles. The Kier molecular flexibility index (Phi) is 9.94. The number of carbonyl (C=O) groups is 2. The Bertz CT molecular complexity index is 1120. The van der Waals surface area contributed by atoms with E-state index in [2.05, 4.69) is 6.58 Å². The molecule has 1 fully saturated rings. The third-order valence-electron chi connectivity index (χ3n) is 6.94. The lowest BCUT2D eigenvalue weighted by atomic mass is 9.92. The first kappa shape index (κ1) is 27.7. The van der Waals surface area contributed by atoms with Gasteiger partial charge in [-0.05, 0) is 67.2 Å². The van der Waals surface area contributed by atoms with Crippen molar-refractivity contribution in [2.75, 3.05) is 18.2 Å². The maximum atomic E-state index is 14.4. The summed E-state index contributed by atoms with van der Waals surface area (Å²) in [5.41, 5.74) is 3.04. The van der Waals surface area contributed by atoms with Crippen molar-refractivity contribution in [3.63, 3.8) is 0 Å². The van der Waals surface area contributed by atoms with Crippen LogP contribution in [0.3, 0.4) is 0 Å². The van der Waals surface area contributed by atoms with Gasteiger partial charge in [0, 0.05) is 18.8 Å². The third-order valence-corrected chi connectivity index (χ3v) is 7.74. The van der Waals surface area contributed by atoms with E-state index in [9.17, 15) is 14.0 Å². The minimum Gasteiger partial charge on any atom is -0.341 e. The van der Waals surface area contributed by atoms with Crippen LogP contribution in [0.5, 0.6) is 0 Å². The Balaban J connectivity index is 2.17. The number of likely N-dealkylation sites (N-methyl/N-ethyl adjacent to an activating group) is 1. The first-order valence-corrected chi connectivity index (χ1v) is 13.8. The summed E-state index contributed by atoms with van der Waals surface area (Å²) in [7, 11) is 1.84. The number of carbonyl (C=O) groups excluding carboxylic acids is 2. The number of halogens is 1. The number of aryl methyl sites for hydroxylation is 2. The molecule has 0 heterocycles. The van der Waals surface area contributed by atoms with Gasteiger partial charge in [-0.15, -0.1) is 11.8 Å². The molecule has 1 unspecified atom stereocenters. The second kappa shape index (κ2) is 12.9. The molecule has 0 spiro atoms. The molecule has 1 aliphatic carbocycles. The Hall–Kier alpha value is -2.86. The van der Waals surface area contributed by atoms with Crippen LogP contribution in [0.4, 0.5) is 10.1 Å². The van der Waals surface area contributed by atoms with Crippen molar-refractivity contribution in [3.05, 3.63) is 88.6 Å². The van der Waals surface area contributed by atoms with Crippen LogP contribution < -0.4 is 4.90 Å². The molecule has 0 bridgehead atoms. The molecular formula is C30H37FN2O2S. The maximum Gasteiger partial charge on any atom is 0.250 e. The van der Waals surface area contributed by atoms with Crippen LogP contribution in [0, 0.1) is 19.7 Å². The third kappa shape index (κ3) is 6.67. The highest BCUT2D eigenvalue weighted by Gasteiger charge is 2.37. The zero-order chi connectivity index (χ0) is 26.2. The predicted molar refractivity (Wildman–Crippen MR) is 149 cm³/mol. The standard InChI is InChI=1S/C30H37FN2O2S/c1-6-11-26(36-5)20-28(34)33(25-15-10-12-23(31)19-25)29(27-18-21(2)16-17-22(27)3)30(35)32(4)24-13-8-7-9-14-24/h6,10-12,15-19,24,29H,1,7-9,13-14,20H2,2-5H3/b26-11-. The van der Waals surface area contributed by atoms with Gasteiger partial charge < -0.3 is 4.90 Å². The molecule has 0 radical (unpaired) electrons. The lowest BCUT2D eigenvalue weighted by molar-refractivity contribution is -0.136. The van der Waals surface area contributed by atoms with E-state index in [1.165, 1.54) is 35.2 Å². The van der Waals surface area contributed by atoms with Crippen molar-refractivity contribution >= 4 is 29.3 Å². The smallest absolute Gasteiger partial charge is 0.250 e. The lowest BCUT2D eigenvalue weighted by Gasteiger charge is -2.38. The largest absolute Gasteiger partial charge is 0.341 e. The van der Waals surface area contributed by atoms with Crippen LogP contribution in [-0.2, 0) is 9.59 Å². The van der Waals surface area contributed by atoms with E-state index in [0.717, 1.165) is 47.3 Å². The van der Waals surface area contributed by atoms with Crippen molar-refractivity contribution in [2.45, 2.75) is 64.5 Å². The van der Waals surface area contributed by atoms with Gasteiger partial charge in [0.2, 0.25) is 11.8 Å². The van der Waals surface area contributed by atoms with Gasteiger partial charge in [-0.1, -0.05) is 67.8 Å². The Labute approximate surface area is 219 Å². The van der Waals surface area contributed by atoms with Crippen LogP contribution in [0.1, 0.15) is 61.3 Å². The van der Waals surface area contributed by atoms with Crippen LogP contribution >= 0.6 is 11.8 Å². The van der Waals surface area contributed by atoms with Crippen molar-refractivity contribution < 1.29 is 14.0 Å². The summed E-state index contributed by atoms with van der Waals surface area (Å²) in [6.07, 6.45) is 10.7. The van der Waals surface area contributed by atoms with E-state index in [1.807, 2.05) is 50.2 Å². The quantitative estimate of drug-likeness (QED) is 0.338. The zero-order valence-corrected chi connectivity index (χ0v) is 22.6. The van der Waals surface area contributed by atoms with E-state index < -0.39 is 11.9 Å². The molecule has 1 saturated carbocycles. The molecule has 0 aromatic heterocycles. The summed E-state index contributed by atoms with van der Waals surface area (Å²) < 4.78 is 14.4. The number of hydrogen-bond donors (Lipinski definition) is 0. The summed E-state index contributed by atoms with van der Waals surface area (Å²) in [6.45, 7) is 7.68. The molecule has 4 nitrogen and oxygen atoms in total. The number of amides is 2. The van der Waals surface area contributed by atoms with Gasteiger partial charge in [0.1, 0.15) is 11.9 Å². The van der Waals surface area contributed by atoms with Gasteiger partial charge in [0.05, 0.1) is 6.42 Å². The van der Waals surface area contributed by atoms with E-state index in [4.69, 9.17) is 0 Å². The van der Waals surface area contributed by atoms with Gasteiger partial charge in [-0.25, -0.2) is 4.39 Å². The molecule has 1 atom stereocenters. The first-order chi connectivity index (χ1) is 17.3. The molecule has 6 heteroatoms. The maximum absolute atomic E-state index is 14.4. The summed E-state index contributed by atoms with van der Waals surface area (Å²) in [5, 5.41) is 0.